The summed E-state index contributed by atoms with van der Waals surface area (Å²) in [6.45, 7) is 2.79. The molecule has 1 amide bonds. The minimum atomic E-state index is -3.88. The molecule has 2 heterocycles. The Kier molecular flexibility index (Phi) is 4.71. The van der Waals surface area contributed by atoms with Crippen molar-refractivity contribution >= 4 is 27.3 Å². The molecule has 1 aliphatic rings. The molecule has 2 aromatic rings. The van der Waals surface area contributed by atoms with Gasteiger partial charge < -0.3 is 4.90 Å². The van der Waals surface area contributed by atoms with E-state index in [1.807, 2.05) is 18.4 Å². The Balaban J connectivity index is 1.72. The highest BCUT2D eigenvalue weighted by Crippen LogP contribution is 2.22. The lowest BCUT2D eigenvalue weighted by Gasteiger charge is -2.34. The van der Waals surface area contributed by atoms with Gasteiger partial charge >= 0.3 is 0 Å². The van der Waals surface area contributed by atoms with E-state index in [9.17, 15) is 17.6 Å². The van der Waals surface area contributed by atoms with Crippen molar-refractivity contribution in [3.8, 4) is 0 Å². The molecule has 1 fully saturated rings. The quantitative estimate of drug-likeness (QED) is 0.836. The van der Waals surface area contributed by atoms with Crippen LogP contribution in [0.4, 0.5) is 4.39 Å². The second-order valence-corrected chi connectivity index (χ2v) is 8.38. The number of aryl methyl sites for hydroxylation is 1. The van der Waals surface area contributed by atoms with Crippen LogP contribution in [0.15, 0.2) is 40.6 Å². The van der Waals surface area contributed by atoms with Crippen molar-refractivity contribution in [2.24, 2.45) is 0 Å². The van der Waals surface area contributed by atoms with Gasteiger partial charge in [-0.3, -0.25) is 4.79 Å². The summed E-state index contributed by atoms with van der Waals surface area (Å²) in [5.74, 6) is -0.837. The molecule has 0 aliphatic carbocycles. The number of benzene rings is 1. The number of piperazine rings is 1. The lowest BCUT2D eigenvalue weighted by Crippen LogP contribution is -2.50. The Bertz CT molecular complexity index is 856. The molecular formula is C16H17FN2O3S2. The van der Waals surface area contributed by atoms with Crippen LogP contribution >= 0.6 is 11.3 Å². The number of carbonyl (C=O) groups excluding carboxylic acids is 1. The van der Waals surface area contributed by atoms with Crippen molar-refractivity contribution < 1.29 is 17.6 Å². The maximum Gasteiger partial charge on any atom is 0.264 e. The zero-order chi connectivity index (χ0) is 17.3. The van der Waals surface area contributed by atoms with Crippen molar-refractivity contribution in [3.63, 3.8) is 0 Å². The first-order chi connectivity index (χ1) is 11.4. The SMILES string of the molecule is Cc1ccsc1C(=O)N1CCN(S(=O)(=O)c2ccccc2F)CC1. The Hall–Kier alpha value is -1.77. The molecule has 8 heteroatoms. The standard InChI is InChI=1S/C16H17FN2O3S2/c1-12-6-11-23-15(12)16(20)18-7-9-19(10-8-18)24(21,22)14-5-3-2-4-13(14)17/h2-6,11H,7-10H2,1H3. The monoisotopic (exact) mass is 368 g/mol. The van der Waals surface area contributed by atoms with E-state index in [0.717, 1.165) is 11.6 Å². The molecule has 0 bridgehead atoms. The Labute approximate surface area is 144 Å². The Morgan fingerprint density at radius 2 is 1.79 bits per heavy atom. The molecule has 128 valence electrons. The van der Waals surface area contributed by atoms with E-state index in [1.54, 1.807) is 4.90 Å². The molecule has 24 heavy (non-hydrogen) atoms. The van der Waals surface area contributed by atoms with Crippen LogP contribution in [0.1, 0.15) is 15.2 Å². The molecule has 0 saturated carbocycles. The number of amides is 1. The van der Waals surface area contributed by atoms with Gasteiger partial charge in [-0.2, -0.15) is 4.31 Å². The highest BCUT2D eigenvalue weighted by molar-refractivity contribution is 7.89. The maximum atomic E-state index is 13.8. The summed E-state index contributed by atoms with van der Waals surface area (Å²) in [4.78, 5) is 14.5. The minimum Gasteiger partial charge on any atom is -0.335 e. The lowest BCUT2D eigenvalue weighted by atomic mass is 10.2. The molecule has 0 atom stereocenters. The van der Waals surface area contributed by atoms with Crippen LogP contribution in [0.2, 0.25) is 0 Å². The molecule has 0 unspecified atom stereocenters. The average molecular weight is 368 g/mol. The van der Waals surface area contributed by atoms with Gasteiger partial charge in [0.2, 0.25) is 10.0 Å². The molecular weight excluding hydrogens is 351 g/mol. The van der Waals surface area contributed by atoms with Gasteiger partial charge in [0.25, 0.3) is 5.91 Å². The second-order valence-electron chi connectivity index (χ2n) is 5.56. The molecule has 1 saturated heterocycles. The zero-order valence-corrected chi connectivity index (χ0v) is 14.7. The minimum absolute atomic E-state index is 0.0783. The number of sulfonamides is 1. The van der Waals surface area contributed by atoms with Gasteiger partial charge in [0.05, 0.1) is 4.88 Å². The lowest BCUT2D eigenvalue weighted by molar-refractivity contribution is 0.0702. The van der Waals surface area contributed by atoms with Crippen LogP contribution in [-0.4, -0.2) is 49.7 Å². The average Bonchev–Trinajstić information content (AvgIpc) is 3.00. The number of nitrogens with zero attached hydrogens (tertiary/aromatic N) is 2. The first-order valence-corrected chi connectivity index (χ1v) is 9.81. The van der Waals surface area contributed by atoms with Crippen LogP contribution in [-0.2, 0) is 10.0 Å². The summed E-state index contributed by atoms with van der Waals surface area (Å²) in [6, 6.07) is 7.23. The molecule has 0 radical (unpaired) electrons. The van der Waals surface area contributed by atoms with Crippen LogP contribution in [0, 0.1) is 12.7 Å². The molecule has 1 aromatic heterocycles. The van der Waals surface area contributed by atoms with Gasteiger partial charge in [0.1, 0.15) is 10.7 Å². The van der Waals surface area contributed by atoms with Crippen LogP contribution in [0.3, 0.4) is 0 Å². The number of hydrogen-bond acceptors (Lipinski definition) is 4. The van der Waals surface area contributed by atoms with Crippen LogP contribution in [0.5, 0.6) is 0 Å². The third-order valence-corrected chi connectivity index (χ3v) is 6.97. The van der Waals surface area contributed by atoms with Crippen molar-refractivity contribution in [2.75, 3.05) is 26.2 Å². The first-order valence-electron chi connectivity index (χ1n) is 7.49. The highest BCUT2D eigenvalue weighted by Gasteiger charge is 2.32. The summed E-state index contributed by atoms with van der Waals surface area (Å²) in [6.07, 6.45) is 0. The van der Waals surface area contributed by atoms with Gasteiger partial charge in [0.15, 0.2) is 0 Å². The fourth-order valence-corrected chi connectivity index (χ4v) is 5.04. The molecule has 0 N–H and O–H groups in total. The maximum absolute atomic E-state index is 13.8. The van der Waals surface area contributed by atoms with E-state index >= 15 is 0 Å². The van der Waals surface area contributed by atoms with Crippen molar-refractivity contribution in [2.45, 2.75) is 11.8 Å². The van der Waals surface area contributed by atoms with E-state index < -0.39 is 15.8 Å². The van der Waals surface area contributed by atoms with E-state index in [2.05, 4.69) is 0 Å². The largest absolute Gasteiger partial charge is 0.335 e. The normalized spacial score (nSPS) is 16.3. The summed E-state index contributed by atoms with van der Waals surface area (Å²) in [5, 5.41) is 1.86. The fraction of sp³-hybridized carbons (Fsp3) is 0.312. The van der Waals surface area contributed by atoms with Gasteiger partial charge in [0, 0.05) is 26.2 Å². The number of carbonyl (C=O) groups is 1. The highest BCUT2D eigenvalue weighted by atomic mass is 32.2. The predicted molar refractivity (Wildman–Crippen MR) is 90.1 cm³/mol. The van der Waals surface area contributed by atoms with E-state index in [1.165, 1.54) is 33.8 Å². The third kappa shape index (κ3) is 3.09. The Morgan fingerprint density at radius 3 is 2.38 bits per heavy atom. The summed E-state index contributed by atoms with van der Waals surface area (Å²) in [5.41, 5.74) is 0.923. The molecule has 1 aromatic carbocycles. The number of rotatable bonds is 3. The van der Waals surface area contributed by atoms with Crippen molar-refractivity contribution in [1.82, 2.24) is 9.21 Å². The van der Waals surface area contributed by atoms with Crippen molar-refractivity contribution in [1.29, 1.82) is 0 Å². The number of halogens is 1. The fourth-order valence-electron chi connectivity index (χ4n) is 2.66. The van der Waals surface area contributed by atoms with Gasteiger partial charge in [-0.25, -0.2) is 12.8 Å². The van der Waals surface area contributed by atoms with E-state index in [4.69, 9.17) is 0 Å². The van der Waals surface area contributed by atoms with Gasteiger partial charge in [-0.1, -0.05) is 12.1 Å². The number of thiophene rings is 1. The topological polar surface area (TPSA) is 57.7 Å². The molecule has 0 spiro atoms. The Morgan fingerprint density at radius 1 is 1.12 bits per heavy atom. The first kappa shape index (κ1) is 17.1. The van der Waals surface area contributed by atoms with Gasteiger partial charge in [-0.15, -0.1) is 11.3 Å². The molecule has 5 nitrogen and oxygen atoms in total. The number of hydrogen-bond donors (Lipinski definition) is 0. The smallest absolute Gasteiger partial charge is 0.264 e. The second kappa shape index (κ2) is 6.62. The molecule has 3 rings (SSSR count). The summed E-state index contributed by atoms with van der Waals surface area (Å²) < 4.78 is 40.1. The van der Waals surface area contributed by atoms with E-state index in [-0.39, 0.29) is 23.9 Å². The summed E-state index contributed by atoms with van der Waals surface area (Å²) in [7, 11) is -3.88. The van der Waals surface area contributed by atoms with Crippen LogP contribution < -0.4 is 0 Å². The zero-order valence-electron chi connectivity index (χ0n) is 13.1. The van der Waals surface area contributed by atoms with E-state index in [0.29, 0.717) is 18.0 Å². The summed E-state index contributed by atoms with van der Waals surface area (Å²) >= 11 is 1.38. The van der Waals surface area contributed by atoms with Gasteiger partial charge in [-0.05, 0) is 36.1 Å². The predicted octanol–water partition coefficient (Wildman–Crippen LogP) is 2.34. The third-order valence-electron chi connectivity index (χ3n) is 4.04. The molecule has 1 aliphatic heterocycles. The van der Waals surface area contributed by atoms with Crippen molar-refractivity contribution in [3.05, 3.63) is 52.0 Å². The van der Waals surface area contributed by atoms with Crippen LogP contribution in [0.25, 0.3) is 0 Å².